The highest BCUT2D eigenvalue weighted by Gasteiger charge is 2.33. The summed E-state index contributed by atoms with van der Waals surface area (Å²) in [6, 6.07) is 5.24. The second-order valence-electron chi connectivity index (χ2n) is 4.24. The first kappa shape index (κ1) is 13.9. The van der Waals surface area contributed by atoms with Gasteiger partial charge in [0, 0.05) is 18.6 Å². The minimum atomic E-state index is -4.44. The first-order valence-electron chi connectivity index (χ1n) is 5.87. The summed E-state index contributed by atoms with van der Waals surface area (Å²) < 4.78 is 41.1. The van der Waals surface area contributed by atoms with Gasteiger partial charge in [-0.15, -0.1) is 0 Å². The molecule has 2 aromatic heterocycles. The Hall–Kier alpha value is -2.09. The van der Waals surface area contributed by atoms with Gasteiger partial charge in [0.1, 0.15) is 4.60 Å². The normalized spacial score (nSPS) is 11.8. The number of fused-ring (bicyclic) bond motifs is 1. The lowest BCUT2D eigenvalue weighted by Crippen LogP contribution is -2.09. The molecule has 0 aliphatic carbocycles. The molecule has 0 fully saturated rings. The SMILES string of the molecule is FC(F)(F)c1ccccc1Nc1nc(Br)cn2ccnc12. The number of hydrogen-bond donors (Lipinski definition) is 1. The third-order valence-electron chi connectivity index (χ3n) is 2.83. The Morgan fingerprint density at radius 2 is 1.95 bits per heavy atom. The highest BCUT2D eigenvalue weighted by atomic mass is 79.9. The molecule has 0 aliphatic heterocycles. The number of benzene rings is 1. The van der Waals surface area contributed by atoms with Crippen LogP contribution in [-0.2, 0) is 6.18 Å². The van der Waals surface area contributed by atoms with Crippen LogP contribution in [-0.4, -0.2) is 14.4 Å². The number of nitrogens with zero attached hydrogens (tertiary/aromatic N) is 3. The summed E-state index contributed by atoms with van der Waals surface area (Å²) >= 11 is 3.22. The monoisotopic (exact) mass is 356 g/mol. The summed E-state index contributed by atoms with van der Waals surface area (Å²) in [6.07, 6.45) is 0.456. The van der Waals surface area contributed by atoms with Crippen molar-refractivity contribution in [3.8, 4) is 0 Å². The summed E-state index contributed by atoms with van der Waals surface area (Å²) in [5.41, 5.74) is -0.382. The summed E-state index contributed by atoms with van der Waals surface area (Å²) in [5.74, 6) is 0.242. The minimum absolute atomic E-state index is 0.0690. The number of nitrogens with one attached hydrogen (secondary N) is 1. The summed E-state index contributed by atoms with van der Waals surface area (Å²) in [6.45, 7) is 0. The van der Waals surface area contributed by atoms with Crippen LogP contribution in [0.4, 0.5) is 24.7 Å². The first-order valence-corrected chi connectivity index (χ1v) is 6.67. The molecule has 2 heterocycles. The van der Waals surface area contributed by atoms with Crippen molar-refractivity contribution in [2.24, 2.45) is 0 Å². The molecule has 0 unspecified atom stereocenters. The maximum Gasteiger partial charge on any atom is 0.418 e. The molecule has 0 aliphatic rings. The molecule has 0 saturated heterocycles. The number of anilines is 2. The molecular weight excluding hydrogens is 349 g/mol. The van der Waals surface area contributed by atoms with E-state index in [1.807, 2.05) is 0 Å². The number of aromatic nitrogens is 3. The second-order valence-corrected chi connectivity index (χ2v) is 5.05. The maximum atomic E-state index is 13.0. The van der Waals surface area contributed by atoms with Gasteiger partial charge in [0.25, 0.3) is 0 Å². The van der Waals surface area contributed by atoms with E-state index < -0.39 is 11.7 Å². The molecule has 8 heteroatoms. The van der Waals surface area contributed by atoms with Gasteiger partial charge in [-0.3, -0.25) is 0 Å². The average Bonchev–Trinajstić information content (AvgIpc) is 2.86. The van der Waals surface area contributed by atoms with E-state index in [1.165, 1.54) is 18.2 Å². The lowest BCUT2D eigenvalue weighted by Gasteiger charge is -2.14. The van der Waals surface area contributed by atoms with E-state index in [2.05, 4.69) is 31.2 Å². The molecule has 0 radical (unpaired) electrons. The predicted octanol–water partition coefficient (Wildman–Crippen LogP) is 4.25. The summed E-state index contributed by atoms with van der Waals surface area (Å²) in [5, 5.41) is 2.70. The molecule has 3 rings (SSSR count). The van der Waals surface area contributed by atoms with Crippen molar-refractivity contribution in [1.82, 2.24) is 14.4 Å². The molecular formula is C13H8BrF3N4. The van der Waals surface area contributed by atoms with Crippen LogP contribution in [0, 0.1) is 0 Å². The third kappa shape index (κ3) is 2.71. The Bertz CT molecular complexity index is 797. The van der Waals surface area contributed by atoms with E-state index in [9.17, 15) is 13.2 Å². The van der Waals surface area contributed by atoms with Gasteiger partial charge in [-0.25, -0.2) is 9.97 Å². The van der Waals surface area contributed by atoms with Gasteiger partial charge in [0.2, 0.25) is 0 Å². The van der Waals surface area contributed by atoms with Crippen LogP contribution in [0.25, 0.3) is 5.65 Å². The van der Waals surface area contributed by atoms with Crippen LogP contribution >= 0.6 is 15.9 Å². The lowest BCUT2D eigenvalue weighted by atomic mass is 10.1. The van der Waals surface area contributed by atoms with Crippen LogP contribution in [0.2, 0.25) is 0 Å². The fourth-order valence-corrected chi connectivity index (χ4v) is 2.35. The first-order chi connectivity index (χ1) is 9.95. The standard InChI is InChI=1S/C13H8BrF3N4/c14-10-7-21-6-5-18-12(21)11(20-10)19-9-4-2-1-3-8(9)13(15,16)17/h1-7H,(H,19,20). The lowest BCUT2D eigenvalue weighted by molar-refractivity contribution is -0.136. The maximum absolute atomic E-state index is 13.0. The van der Waals surface area contributed by atoms with Crippen molar-refractivity contribution in [2.45, 2.75) is 6.18 Å². The number of hydrogen-bond acceptors (Lipinski definition) is 3. The highest BCUT2D eigenvalue weighted by molar-refractivity contribution is 9.10. The molecule has 1 aromatic carbocycles. The molecule has 1 N–H and O–H groups in total. The van der Waals surface area contributed by atoms with Crippen LogP contribution in [0.1, 0.15) is 5.56 Å². The van der Waals surface area contributed by atoms with Gasteiger partial charge in [-0.1, -0.05) is 12.1 Å². The Kier molecular flexibility index (Phi) is 3.32. The van der Waals surface area contributed by atoms with E-state index in [1.54, 1.807) is 23.0 Å². The van der Waals surface area contributed by atoms with Crippen LogP contribution in [0.15, 0.2) is 47.5 Å². The van der Waals surface area contributed by atoms with Crippen LogP contribution in [0.3, 0.4) is 0 Å². The van der Waals surface area contributed by atoms with E-state index in [0.29, 0.717) is 10.3 Å². The van der Waals surface area contributed by atoms with Gasteiger partial charge in [-0.2, -0.15) is 13.2 Å². The fraction of sp³-hybridized carbons (Fsp3) is 0.0769. The summed E-state index contributed by atoms with van der Waals surface area (Å²) in [4.78, 5) is 8.23. The molecule has 0 atom stereocenters. The molecule has 21 heavy (non-hydrogen) atoms. The molecule has 108 valence electrons. The highest BCUT2D eigenvalue weighted by Crippen LogP contribution is 2.36. The zero-order valence-electron chi connectivity index (χ0n) is 10.4. The van der Waals surface area contributed by atoms with Gasteiger partial charge in [0.05, 0.1) is 11.3 Å². The fourth-order valence-electron chi connectivity index (χ4n) is 1.95. The Balaban J connectivity index is 2.09. The van der Waals surface area contributed by atoms with E-state index in [4.69, 9.17) is 0 Å². The molecule has 0 amide bonds. The van der Waals surface area contributed by atoms with Crippen molar-refractivity contribution >= 4 is 33.1 Å². The van der Waals surface area contributed by atoms with E-state index in [0.717, 1.165) is 6.07 Å². The number of imidazole rings is 1. The Labute approximate surface area is 125 Å². The summed E-state index contributed by atoms with van der Waals surface area (Å²) in [7, 11) is 0. The van der Waals surface area contributed by atoms with Crippen molar-refractivity contribution in [3.05, 3.63) is 53.0 Å². The quantitative estimate of drug-likeness (QED) is 0.746. The molecule has 0 spiro atoms. The zero-order chi connectivity index (χ0) is 15.0. The van der Waals surface area contributed by atoms with Crippen molar-refractivity contribution in [1.29, 1.82) is 0 Å². The topological polar surface area (TPSA) is 42.2 Å². The van der Waals surface area contributed by atoms with E-state index >= 15 is 0 Å². The molecule has 0 saturated carbocycles. The second kappa shape index (κ2) is 5.03. The molecule has 0 bridgehead atoms. The molecule has 3 aromatic rings. The van der Waals surface area contributed by atoms with Crippen molar-refractivity contribution in [3.63, 3.8) is 0 Å². The van der Waals surface area contributed by atoms with Crippen molar-refractivity contribution in [2.75, 3.05) is 5.32 Å². The largest absolute Gasteiger partial charge is 0.418 e. The third-order valence-corrected chi connectivity index (χ3v) is 3.21. The van der Waals surface area contributed by atoms with Gasteiger partial charge < -0.3 is 9.72 Å². The van der Waals surface area contributed by atoms with Gasteiger partial charge >= 0.3 is 6.18 Å². The predicted molar refractivity (Wildman–Crippen MR) is 75.4 cm³/mol. The number of halogens is 4. The smallest absolute Gasteiger partial charge is 0.337 e. The van der Waals surface area contributed by atoms with Crippen molar-refractivity contribution < 1.29 is 13.2 Å². The van der Waals surface area contributed by atoms with Gasteiger partial charge in [0.15, 0.2) is 11.5 Å². The van der Waals surface area contributed by atoms with Crippen LogP contribution < -0.4 is 5.32 Å². The van der Waals surface area contributed by atoms with E-state index in [-0.39, 0.29) is 11.5 Å². The number of para-hydroxylation sites is 1. The Morgan fingerprint density at radius 3 is 2.71 bits per heavy atom. The zero-order valence-corrected chi connectivity index (χ0v) is 12.0. The van der Waals surface area contributed by atoms with Gasteiger partial charge in [-0.05, 0) is 28.1 Å². The number of rotatable bonds is 2. The molecule has 4 nitrogen and oxygen atoms in total. The average molecular weight is 357 g/mol. The number of alkyl halides is 3. The Morgan fingerprint density at radius 1 is 1.19 bits per heavy atom. The van der Waals surface area contributed by atoms with Crippen LogP contribution in [0.5, 0.6) is 0 Å². The minimum Gasteiger partial charge on any atom is -0.337 e.